The lowest BCUT2D eigenvalue weighted by atomic mass is 10.2. The van der Waals surface area contributed by atoms with Gasteiger partial charge in [0.25, 0.3) is 0 Å². The predicted octanol–water partition coefficient (Wildman–Crippen LogP) is 3.54. The van der Waals surface area contributed by atoms with Crippen molar-refractivity contribution in [2.24, 2.45) is 0 Å². The summed E-state index contributed by atoms with van der Waals surface area (Å²) in [5.41, 5.74) is 3.28. The zero-order valence-corrected chi connectivity index (χ0v) is 14.6. The van der Waals surface area contributed by atoms with Gasteiger partial charge in [-0.25, -0.2) is 4.39 Å². The second-order valence-corrected chi connectivity index (χ2v) is 6.85. The second kappa shape index (κ2) is 7.30. The van der Waals surface area contributed by atoms with Gasteiger partial charge in [0.15, 0.2) is 0 Å². The Morgan fingerprint density at radius 1 is 0.962 bits per heavy atom. The first kappa shape index (κ1) is 16.8. The van der Waals surface area contributed by atoms with Crippen molar-refractivity contribution in [1.29, 1.82) is 0 Å². The van der Waals surface area contributed by atoms with Crippen molar-refractivity contribution in [2.75, 3.05) is 19.6 Å². The number of hydrogen-bond donors (Lipinski definition) is 1. The quantitative estimate of drug-likeness (QED) is 0.781. The van der Waals surface area contributed by atoms with Gasteiger partial charge in [-0.2, -0.15) is 0 Å². The number of rotatable bonds is 4. The van der Waals surface area contributed by atoms with Crippen molar-refractivity contribution >= 4 is 16.8 Å². The van der Waals surface area contributed by atoms with Gasteiger partial charge < -0.3 is 9.88 Å². The molecule has 1 aliphatic heterocycles. The molecule has 1 amide bonds. The maximum Gasteiger partial charge on any atom is 0.224 e. The Kier molecular flexibility index (Phi) is 4.71. The zero-order chi connectivity index (χ0) is 17.9. The molecule has 134 valence electrons. The third-order valence-electron chi connectivity index (χ3n) is 4.95. The van der Waals surface area contributed by atoms with E-state index in [4.69, 9.17) is 0 Å². The number of hydrogen-bond acceptors (Lipinski definition) is 2. The zero-order valence-electron chi connectivity index (χ0n) is 14.6. The molecule has 0 radical (unpaired) electrons. The van der Waals surface area contributed by atoms with Crippen molar-refractivity contribution in [3.8, 4) is 0 Å². The van der Waals surface area contributed by atoms with Crippen LogP contribution in [0.5, 0.6) is 0 Å². The fraction of sp³-hybridized carbons (Fsp3) is 0.286. The van der Waals surface area contributed by atoms with E-state index >= 15 is 0 Å². The molecule has 0 unspecified atom stereocenters. The SMILES string of the molecule is O=C1CCN(Cc2cc3ccccc3[nH]2)CCN1Cc1ccc(F)cc1. The van der Waals surface area contributed by atoms with Crippen molar-refractivity contribution in [2.45, 2.75) is 19.5 Å². The van der Waals surface area contributed by atoms with Crippen LogP contribution in [0.1, 0.15) is 17.7 Å². The number of H-pyrrole nitrogens is 1. The highest BCUT2D eigenvalue weighted by Gasteiger charge is 2.21. The van der Waals surface area contributed by atoms with Crippen molar-refractivity contribution in [1.82, 2.24) is 14.8 Å². The van der Waals surface area contributed by atoms with Crippen LogP contribution in [0, 0.1) is 5.82 Å². The summed E-state index contributed by atoms with van der Waals surface area (Å²) in [6, 6.07) is 16.8. The fourth-order valence-electron chi connectivity index (χ4n) is 3.51. The van der Waals surface area contributed by atoms with E-state index in [0.29, 0.717) is 19.5 Å². The minimum Gasteiger partial charge on any atom is -0.357 e. The van der Waals surface area contributed by atoms with Gasteiger partial charge in [-0.05, 0) is 35.2 Å². The lowest BCUT2D eigenvalue weighted by molar-refractivity contribution is -0.130. The average Bonchev–Trinajstić information content (AvgIpc) is 2.98. The number of aromatic nitrogens is 1. The van der Waals surface area contributed by atoms with Gasteiger partial charge in [-0.1, -0.05) is 30.3 Å². The smallest absolute Gasteiger partial charge is 0.224 e. The van der Waals surface area contributed by atoms with E-state index in [2.05, 4.69) is 28.1 Å². The molecule has 26 heavy (non-hydrogen) atoms. The Morgan fingerprint density at radius 3 is 2.58 bits per heavy atom. The summed E-state index contributed by atoms with van der Waals surface area (Å²) in [6.45, 7) is 3.64. The molecule has 5 heteroatoms. The standard InChI is InChI=1S/C21H22FN3O/c22-18-7-5-16(6-8-18)14-25-12-11-24(10-9-21(25)26)15-19-13-17-3-1-2-4-20(17)23-19/h1-8,13,23H,9-12,14-15H2. The minimum absolute atomic E-state index is 0.161. The van der Waals surface area contributed by atoms with E-state index in [1.165, 1.54) is 23.2 Å². The number of nitrogens with zero attached hydrogens (tertiary/aromatic N) is 2. The highest BCUT2D eigenvalue weighted by Crippen LogP contribution is 2.17. The number of para-hydroxylation sites is 1. The van der Waals surface area contributed by atoms with Crippen LogP contribution in [-0.2, 0) is 17.9 Å². The van der Waals surface area contributed by atoms with Crippen molar-refractivity contribution < 1.29 is 9.18 Å². The van der Waals surface area contributed by atoms with Crippen LogP contribution in [-0.4, -0.2) is 40.3 Å². The summed E-state index contributed by atoms with van der Waals surface area (Å²) in [7, 11) is 0. The Morgan fingerprint density at radius 2 is 1.77 bits per heavy atom. The molecule has 1 saturated heterocycles. The van der Waals surface area contributed by atoms with Gasteiger partial charge in [0, 0.05) is 50.4 Å². The Hall–Kier alpha value is -2.66. The molecule has 0 aliphatic carbocycles. The monoisotopic (exact) mass is 351 g/mol. The number of amides is 1. The van der Waals surface area contributed by atoms with E-state index in [1.807, 2.05) is 17.0 Å². The lowest BCUT2D eigenvalue weighted by Crippen LogP contribution is -2.32. The van der Waals surface area contributed by atoms with E-state index < -0.39 is 0 Å². The minimum atomic E-state index is -0.250. The number of halogens is 1. The van der Waals surface area contributed by atoms with Gasteiger partial charge in [0.1, 0.15) is 5.82 Å². The molecule has 1 fully saturated rings. The topological polar surface area (TPSA) is 39.3 Å². The summed E-state index contributed by atoms with van der Waals surface area (Å²) >= 11 is 0. The molecule has 3 aromatic rings. The first-order chi connectivity index (χ1) is 12.7. The van der Waals surface area contributed by atoms with Crippen LogP contribution in [0.2, 0.25) is 0 Å². The molecule has 0 saturated carbocycles. The molecule has 4 rings (SSSR count). The summed E-state index contributed by atoms with van der Waals surface area (Å²) in [5.74, 6) is -0.0890. The normalized spacial score (nSPS) is 16.2. The number of nitrogens with one attached hydrogen (secondary N) is 1. The van der Waals surface area contributed by atoms with E-state index in [0.717, 1.165) is 30.7 Å². The molecule has 1 aliphatic rings. The van der Waals surface area contributed by atoms with Crippen LogP contribution in [0.25, 0.3) is 10.9 Å². The molecule has 1 N–H and O–H groups in total. The Balaban J connectivity index is 1.40. The van der Waals surface area contributed by atoms with Crippen LogP contribution in [0.3, 0.4) is 0 Å². The predicted molar refractivity (Wildman–Crippen MR) is 100 cm³/mol. The van der Waals surface area contributed by atoms with E-state index in [9.17, 15) is 9.18 Å². The van der Waals surface area contributed by atoms with Gasteiger partial charge in [-0.3, -0.25) is 9.69 Å². The molecular weight excluding hydrogens is 329 g/mol. The first-order valence-corrected chi connectivity index (χ1v) is 8.98. The van der Waals surface area contributed by atoms with Gasteiger partial charge in [0.2, 0.25) is 5.91 Å². The van der Waals surface area contributed by atoms with Crippen LogP contribution in [0.4, 0.5) is 4.39 Å². The lowest BCUT2D eigenvalue weighted by Gasteiger charge is -2.22. The van der Waals surface area contributed by atoms with Gasteiger partial charge >= 0.3 is 0 Å². The average molecular weight is 351 g/mol. The maximum absolute atomic E-state index is 13.1. The second-order valence-electron chi connectivity index (χ2n) is 6.85. The molecule has 0 bridgehead atoms. The Bertz CT molecular complexity index is 870. The first-order valence-electron chi connectivity index (χ1n) is 8.98. The van der Waals surface area contributed by atoms with E-state index in [-0.39, 0.29) is 11.7 Å². The molecular formula is C21H22FN3O. The summed E-state index contributed by atoms with van der Waals surface area (Å²) < 4.78 is 13.1. The number of carbonyl (C=O) groups is 1. The molecule has 0 atom stereocenters. The van der Waals surface area contributed by atoms with Crippen LogP contribution < -0.4 is 0 Å². The highest BCUT2D eigenvalue weighted by atomic mass is 19.1. The molecule has 1 aromatic heterocycles. The summed E-state index contributed by atoms with van der Waals surface area (Å²) in [6.07, 6.45) is 0.515. The number of fused-ring (bicyclic) bond motifs is 1. The van der Waals surface area contributed by atoms with Crippen molar-refractivity contribution in [3.63, 3.8) is 0 Å². The largest absolute Gasteiger partial charge is 0.357 e. The maximum atomic E-state index is 13.1. The van der Waals surface area contributed by atoms with Crippen LogP contribution >= 0.6 is 0 Å². The number of aromatic amines is 1. The number of carbonyl (C=O) groups excluding carboxylic acids is 1. The van der Waals surface area contributed by atoms with Gasteiger partial charge in [-0.15, -0.1) is 0 Å². The Labute approximate surface area is 152 Å². The molecule has 2 heterocycles. The van der Waals surface area contributed by atoms with Crippen molar-refractivity contribution in [3.05, 3.63) is 71.7 Å². The molecule has 2 aromatic carbocycles. The highest BCUT2D eigenvalue weighted by molar-refractivity contribution is 5.80. The third kappa shape index (κ3) is 3.78. The summed E-state index contributed by atoms with van der Waals surface area (Å²) in [5, 5.41) is 1.21. The number of benzene rings is 2. The van der Waals surface area contributed by atoms with Crippen LogP contribution in [0.15, 0.2) is 54.6 Å². The van der Waals surface area contributed by atoms with E-state index in [1.54, 1.807) is 12.1 Å². The molecule has 4 nitrogen and oxygen atoms in total. The molecule has 0 spiro atoms. The fourth-order valence-corrected chi connectivity index (χ4v) is 3.51. The summed E-state index contributed by atoms with van der Waals surface area (Å²) in [4.78, 5) is 20.1. The third-order valence-corrected chi connectivity index (χ3v) is 4.95. The van der Waals surface area contributed by atoms with Gasteiger partial charge in [0.05, 0.1) is 0 Å².